The van der Waals surface area contributed by atoms with Gasteiger partial charge in [-0.15, -0.1) is 0 Å². The third kappa shape index (κ3) is 3.31. The van der Waals surface area contributed by atoms with Crippen LogP contribution < -0.4 is 5.73 Å². The van der Waals surface area contributed by atoms with E-state index >= 15 is 0 Å². The molecule has 0 aliphatic carbocycles. The Morgan fingerprint density at radius 3 is 2.59 bits per heavy atom. The van der Waals surface area contributed by atoms with Gasteiger partial charge in [-0.3, -0.25) is 4.98 Å². The maximum absolute atomic E-state index is 6.06. The summed E-state index contributed by atoms with van der Waals surface area (Å²) in [5, 5.41) is 0. The Hall–Kier alpha value is -1.33. The highest BCUT2D eigenvalue weighted by atomic mass is 79.9. The zero-order valence-electron chi connectivity index (χ0n) is 9.47. The predicted molar refractivity (Wildman–Crippen MR) is 69.3 cm³/mol. The molecule has 0 saturated carbocycles. The number of pyridine rings is 1. The lowest BCUT2D eigenvalue weighted by molar-refractivity contribution is 0.664. The summed E-state index contributed by atoms with van der Waals surface area (Å²) in [6.07, 6.45) is 7.79. The van der Waals surface area contributed by atoms with Crippen LogP contribution in [-0.4, -0.2) is 15.0 Å². The van der Waals surface area contributed by atoms with E-state index in [0.717, 1.165) is 15.6 Å². The first kappa shape index (κ1) is 12.1. The van der Waals surface area contributed by atoms with Gasteiger partial charge < -0.3 is 5.73 Å². The van der Waals surface area contributed by atoms with E-state index in [4.69, 9.17) is 5.73 Å². The maximum Gasteiger partial charge on any atom is 0.145 e. The number of halogens is 1. The average Bonchev–Trinajstić information content (AvgIpc) is 2.29. The quantitative estimate of drug-likeness (QED) is 0.942. The van der Waals surface area contributed by atoms with Crippen LogP contribution in [0.15, 0.2) is 35.3 Å². The fraction of sp³-hybridized carbons (Fsp3) is 0.250. The van der Waals surface area contributed by atoms with Crippen LogP contribution in [0.25, 0.3) is 0 Å². The summed E-state index contributed by atoms with van der Waals surface area (Å²) in [7, 11) is 0. The topological polar surface area (TPSA) is 64.7 Å². The SMILES string of the molecule is Cc1cnc(C(N)Cc2cncc(Br)c2)nc1. The van der Waals surface area contributed by atoms with Crippen LogP contribution in [0.5, 0.6) is 0 Å². The van der Waals surface area contributed by atoms with Crippen LogP contribution in [0, 0.1) is 6.92 Å². The van der Waals surface area contributed by atoms with E-state index in [1.807, 2.05) is 13.0 Å². The van der Waals surface area contributed by atoms with Gasteiger partial charge in [0.05, 0.1) is 6.04 Å². The van der Waals surface area contributed by atoms with Gasteiger partial charge in [0, 0.05) is 29.3 Å². The zero-order chi connectivity index (χ0) is 12.3. The van der Waals surface area contributed by atoms with Crippen molar-refractivity contribution in [3.63, 3.8) is 0 Å². The molecule has 1 atom stereocenters. The van der Waals surface area contributed by atoms with E-state index in [1.165, 1.54) is 0 Å². The highest BCUT2D eigenvalue weighted by Gasteiger charge is 2.10. The van der Waals surface area contributed by atoms with Crippen LogP contribution in [0.4, 0.5) is 0 Å². The van der Waals surface area contributed by atoms with E-state index in [9.17, 15) is 0 Å². The number of nitrogens with zero attached hydrogens (tertiary/aromatic N) is 3. The molecule has 0 amide bonds. The summed E-state index contributed by atoms with van der Waals surface area (Å²) in [4.78, 5) is 12.6. The summed E-state index contributed by atoms with van der Waals surface area (Å²) < 4.78 is 0.951. The third-order valence-electron chi connectivity index (χ3n) is 2.35. The molecular weight excluding hydrogens is 280 g/mol. The van der Waals surface area contributed by atoms with E-state index < -0.39 is 0 Å². The van der Waals surface area contributed by atoms with Crippen LogP contribution in [-0.2, 0) is 6.42 Å². The molecule has 17 heavy (non-hydrogen) atoms. The van der Waals surface area contributed by atoms with Gasteiger partial charge in [0.2, 0.25) is 0 Å². The minimum Gasteiger partial charge on any atom is -0.321 e. The molecule has 5 heteroatoms. The lowest BCUT2D eigenvalue weighted by Crippen LogP contribution is -2.16. The number of hydrogen-bond acceptors (Lipinski definition) is 4. The number of aromatic nitrogens is 3. The molecule has 0 spiro atoms. The van der Waals surface area contributed by atoms with Crippen molar-refractivity contribution in [3.8, 4) is 0 Å². The van der Waals surface area contributed by atoms with Crippen LogP contribution in [0.2, 0.25) is 0 Å². The molecule has 2 rings (SSSR count). The van der Waals surface area contributed by atoms with Gasteiger partial charge in [0.1, 0.15) is 5.82 Å². The Balaban J connectivity index is 2.11. The van der Waals surface area contributed by atoms with Gasteiger partial charge in [0.25, 0.3) is 0 Å². The Kier molecular flexibility index (Phi) is 3.81. The minimum absolute atomic E-state index is 0.202. The first-order chi connectivity index (χ1) is 8.15. The largest absolute Gasteiger partial charge is 0.321 e. The van der Waals surface area contributed by atoms with Crippen LogP contribution >= 0.6 is 15.9 Å². The Morgan fingerprint density at radius 1 is 1.24 bits per heavy atom. The second-order valence-corrected chi connectivity index (χ2v) is 4.86. The maximum atomic E-state index is 6.06. The molecule has 2 heterocycles. The number of aryl methyl sites for hydroxylation is 1. The van der Waals surface area contributed by atoms with Crippen LogP contribution in [0.1, 0.15) is 23.0 Å². The summed E-state index contributed by atoms with van der Waals surface area (Å²) in [5.74, 6) is 0.663. The van der Waals surface area contributed by atoms with Gasteiger partial charge in [-0.2, -0.15) is 0 Å². The molecule has 0 aromatic carbocycles. The van der Waals surface area contributed by atoms with E-state index in [0.29, 0.717) is 12.2 Å². The van der Waals surface area contributed by atoms with Crippen molar-refractivity contribution < 1.29 is 0 Å². The fourth-order valence-corrected chi connectivity index (χ4v) is 1.92. The van der Waals surface area contributed by atoms with Crippen LogP contribution in [0.3, 0.4) is 0 Å². The van der Waals surface area contributed by atoms with Crippen molar-refractivity contribution >= 4 is 15.9 Å². The van der Waals surface area contributed by atoms with E-state index in [2.05, 4.69) is 30.9 Å². The molecule has 0 radical (unpaired) electrons. The smallest absolute Gasteiger partial charge is 0.145 e. The first-order valence-electron chi connectivity index (χ1n) is 5.28. The van der Waals surface area contributed by atoms with Crippen molar-refractivity contribution in [3.05, 3.63) is 52.3 Å². The lowest BCUT2D eigenvalue weighted by atomic mass is 10.1. The molecule has 0 fully saturated rings. The molecule has 88 valence electrons. The molecular formula is C12H13BrN4. The standard InChI is InChI=1S/C12H13BrN4/c1-8-4-16-12(17-5-8)11(14)3-9-2-10(13)7-15-6-9/h2,4-7,11H,3,14H2,1H3. The predicted octanol–water partition coefficient (Wildman–Crippen LogP) is 2.19. The molecule has 0 aliphatic heterocycles. The van der Waals surface area contributed by atoms with Gasteiger partial charge in [-0.05, 0) is 46.5 Å². The molecule has 2 aromatic heterocycles. The summed E-state index contributed by atoms with van der Waals surface area (Å²) in [5.41, 5.74) is 8.16. The zero-order valence-corrected chi connectivity index (χ0v) is 11.1. The third-order valence-corrected chi connectivity index (χ3v) is 2.78. The second-order valence-electron chi connectivity index (χ2n) is 3.94. The fourth-order valence-electron chi connectivity index (χ4n) is 1.51. The normalized spacial score (nSPS) is 12.4. The van der Waals surface area contributed by atoms with Crippen molar-refractivity contribution in [1.82, 2.24) is 15.0 Å². The lowest BCUT2D eigenvalue weighted by Gasteiger charge is -2.10. The monoisotopic (exact) mass is 292 g/mol. The first-order valence-corrected chi connectivity index (χ1v) is 6.08. The summed E-state index contributed by atoms with van der Waals surface area (Å²) >= 11 is 3.38. The number of nitrogens with two attached hydrogens (primary N) is 1. The molecule has 0 aliphatic rings. The number of rotatable bonds is 3. The van der Waals surface area contributed by atoms with E-state index in [1.54, 1.807) is 24.8 Å². The molecule has 1 unspecified atom stereocenters. The summed E-state index contributed by atoms with van der Waals surface area (Å²) in [6.45, 7) is 1.95. The van der Waals surface area contributed by atoms with Crippen molar-refractivity contribution in [1.29, 1.82) is 0 Å². The Bertz CT molecular complexity index is 498. The second kappa shape index (κ2) is 5.33. The van der Waals surface area contributed by atoms with Crippen molar-refractivity contribution in [2.24, 2.45) is 5.73 Å². The minimum atomic E-state index is -0.202. The van der Waals surface area contributed by atoms with Gasteiger partial charge in [-0.1, -0.05) is 0 Å². The molecule has 0 saturated heterocycles. The molecule has 2 N–H and O–H groups in total. The average molecular weight is 293 g/mol. The summed E-state index contributed by atoms with van der Waals surface area (Å²) in [6, 6.07) is 1.80. The van der Waals surface area contributed by atoms with Crippen molar-refractivity contribution in [2.75, 3.05) is 0 Å². The molecule has 2 aromatic rings. The number of hydrogen-bond donors (Lipinski definition) is 1. The Labute approximate surface area is 108 Å². The van der Waals surface area contributed by atoms with Gasteiger partial charge in [-0.25, -0.2) is 9.97 Å². The molecule has 4 nitrogen and oxygen atoms in total. The molecule has 0 bridgehead atoms. The Morgan fingerprint density at radius 2 is 1.94 bits per heavy atom. The van der Waals surface area contributed by atoms with Gasteiger partial charge >= 0.3 is 0 Å². The van der Waals surface area contributed by atoms with E-state index in [-0.39, 0.29) is 6.04 Å². The highest BCUT2D eigenvalue weighted by Crippen LogP contribution is 2.15. The van der Waals surface area contributed by atoms with Gasteiger partial charge in [0.15, 0.2) is 0 Å². The highest BCUT2D eigenvalue weighted by molar-refractivity contribution is 9.10. The van der Waals surface area contributed by atoms with Crippen molar-refractivity contribution in [2.45, 2.75) is 19.4 Å².